The van der Waals surface area contributed by atoms with E-state index in [1.165, 1.54) is 18.4 Å². The van der Waals surface area contributed by atoms with Gasteiger partial charge in [-0.2, -0.15) is 0 Å². The minimum Gasteiger partial charge on any atom is -0.307 e. The van der Waals surface area contributed by atoms with Crippen molar-refractivity contribution in [2.24, 2.45) is 0 Å². The van der Waals surface area contributed by atoms with Gasteiger partial charge in [0.15, 0.2) is 0 Å². The largest absolute Gasteiger partial charge is 0.307 e. The number of benzene rings is 1. The van der Waals surface area contributed by atoms with Crippen LogP contribution < -0.4 is 5.32 Å². The normalized spacial score (nSPS) is 15.4. The van der Waals surface area contributed by atoms with Crippen LogP contribution >= 0.6 is 15.9 Å². The molecule has 2 unspecified atom stereocenters. The Bertz CT molecular complexity index is 519. The summed E-state index contributed by atoms with van der Waals surface area (Å²) >= 11 is 3.30. The molecule has 0 amide bonds. The third-order valence-corrected chi connectivity index (χ3v) is 4.31. The maximum absolute atomic E-state index is 13.0. The second-order valence-electron chi connectivity index (χ2n) is 4.55. The van der Waals surface area contributed by atoms with E-state index in [2.05, 4.69) is 21.2 Å². The fourth-order valence-electron chi connectivity index (χ4n) is 1.87. The topological polar surface area (TPSA) is 46.2 Å². The molecule has 18 heavy (non-hydrogen) atoms. The van der Waals surface area contributed by atoms with E-state index in [0.717, 1.165) is 5.56 Å². The minimum absolute atomic E-state index is 0.0586. The molecule has 0 spiro atoms. The lowest BCUT2D eigenvalue weighted by Crippen LogP contribution is -2.34. The second-order valence-corrected chi connectivity index (χ2v) is 7.59. The van der Waals surface area contributed by atoms with Crippen molar-refractivity contribution in [3.05, 3.63) is 34.1 Å². The monoisotopic (exact) mass is 337 g/mol. The molecule has 0 bridgehead atoms. The maximum Gasteiger partial charge on any atom is 0.148 e. The lowest BCUT2D eigenvalue weighted by Gasteiger charge is -2.20. The minimum atomic E-state index is -3.00. The zero-order valence-electron chi connectivity index (χ0n) is 10.6. The Labute approximate surface area is 116 Å². The third kappa shape index (κ3) is 5.04. The van der Waals surface area contributed by atoms with Gasteiger partial charge in [0.05, 0.1) is 5.75 Å². The van der Waals surface area contributed by atoms with Crippen LogP contribution in [0.4, 0.5) is 4.39 Å². The Morgan fingerprint density at radius 3 is 2.50 bits per heavy atom. The summed E-state index contributed by atoms with van der Waals surface area (Å²) in [6.07, 6.45) is 1.21. The average molecular weight is 338 g/mol. The highest BCUT2D eigenvalue weighted by Crippen LogP contribution is 2.24. The quantitative estimate of drug-likeness (QED) is 0.898. The summed E-state index contributed by atoms with van der Waals surface area (Å²) in [6.45, 7) is 3.73. The van der Waals surface area contributed by atoms with E-state index in [0.29, 0.717) is 4.47 Å². The molecule has 0 aliphatic carbocycles. The third-order valence-electron chi connectivity index (χ3n) is 2.52. The Balaban J connectivity index is 2.73. The standard InChI is InChI=1S/C12H17BrFNO2S/c1-8(7-18(3,16)17)15-9(2)11-5-4-10(14)6-12(11)13/h4-6,8-9,15H,7H2,1-3H3. The predicted molar refractivity (Wildman–Crippen MR) is 74.8 cm³/mol. The number of hydrogen-bond acceptors (Lipinski definition) is 3. The highest BCUT2D eigenvalue weighted by molar-refractivity contribution is 9.10. The van der Waals surface area contributed by atoms with Crippen LogP contribution in [0.2, 0.25) is 0 Å². The first-order valence-electron chi connectivity index (χ1n) is 5.58. The van der Waals surface area contributed by atoms with E-state index < -0.39 is 9.84 Å². The highest BCUT2D eigenvalue weighted by atomic mass is 79.9. The Morgan fingerprint density at radius 2 is 2.00 bits per heavy atom. The van der Waals surface area contributed by atoms with E-state index in [-0.39, 0.29) is 23.7 Å². The first-order chi connectivity index (χ1) is 8.19. The summed E-state index contributed by atoms with van der Waals surface area (Å²) in [5.74, 6) is -0.224. The molecule has 6 heteroatoms. The van der Waals surface area contributed by atoms with E-state index in [9.17, 15) is 12.8 Å². The van der Waals surface area contributed by atoms with Gasteiger partial charge in [-0.1, -0.05) is 22.0 Å². The zero-order valence-corrected chi connectivity index (χ0v) is 13.0. The van der Waals surface area contributed by atoms with Crippen molar-refractivity contribution in [1.29, 1.82) is 0 Å². The molecule has 0 radical (unpaired) electrons. The summed E-state index contributed by atoms with van der Waals surface area (Å²) in [4.78, 5) is 0. The van der Waals surface area contributed by atoms with Crippen LogP contribution in [0.1, 0.15) is 25.5 Å². The number of halogens is 2. The molecule has 3 nitrogen and oxygen atoms in total. The highest BCUT2D eigenvalue weighted by Gasteiger charge is 2.15. The second kappa shape index (κ2) is 6.12. The van der Waals surface area contributed by atoms with Crippen LogP contribution in [0, 0.1) is 5.82 Å². The fourth-order valence-corrected chi connectivity index (χ4v) is 3.57. The SMILES string of the molecule is CC(CS(C)(=O)=O)NC(C)c1ccc(F)cc1Br. The lowest BCUT2D eigenvalue weighted by atomic mass is 10.1. The molecule has 0 fully saturated rings. The van der Waals surface area contributed by atoms with Crippen LogP contribution in [0.3, 0.4) is 0 Å². The van der Waals surface area contributed by atoms with Gasteiger partial charge in [0.25, 0.3) is 0 Å². The summed E-state index contributed by atoms with van der Waals surface area (Å²) in [5.41, 5.74) is 0.900. The lowest BCUT2D eigenvalue weighted by molar-refractivity contribution is 0.498. The Kier molecular flexibility index (Phi) is 5.31. The van der Waals surface area contributed by atoms with E-state index in [4.69, 9.17) is 0 Å². The molecule has 2 atom stereocenters. The molecule has 0 heterocycles. The van der Waals surface area contributed by atoms with Crippen molar-refractivity contribution in [2.75, 3.05) is 12.0 Å². The molecule has 1 aromatic rings. The summed E-state index contributed by atoms with van der Waals surface area (Å²) < 4.78 is 36.0. The molecular formula is C12H17BrFNO2S. The van der Waals surface area contributed by atoms with Gasteiger partial charge in [0, 0.05) is 22.8 Å². The van der Waals surface area contributed by atoms with E-state index in [1.807, 2.05) is 13.8 Å². The van der Waals surface area contributed by atoms with Gasteiger partial charge in [-0.25, -0.2) is 12.8 Å². The molecule has 0 aromatic heterocycles. The van der Waals surface area contributed by atoms with Gasteiger partial charge in [0.1, 0.15) is 15.7 Å². The number of rotatable bonds is 5. The van der Waals surface area contributed by atoms with Gasteiger partial charge in [-0.05, 0) is 31.5 Å². The first kappa shape index (κ1) is 15.6. The van der Waals surface area contributed by atoms with E-state index in [1.54, 1.807) is 6.07 Å². The predicted octanol–water partition coefficient (Wildman–Crippen LogP) is 2.67. The number of nitrogens with one attached hydrogen (secondary N) is 1. The maximum atomic E-state index is 13.0. The number of hydrogen-bond donors (Lipinski definition) is 1. The van der Waals surface area contributed by atoms with Crippen molar-refractivity contribution in [2.45, 2.75) is 25.9 Å². The number of sulfone groups is 1. The van der Waals surface area contributed by atoms with Crippen LogP contribution in [0.25, 0.3) is 0 Å². The molecule has 0 aliphatic heterocycles. The van der Waals surface area contributed by atoms with Gasteiger partial charge >= 0.3 is 0 Å². The smallest absolute Gasteiger partial charge is 0.148 e. The van der Waals surface area contributed by atoms with Gasteiger partial charge in [-0.3, -0.25) is 0 Å². The molecule has 1 aromatic carbocycles. The van der Waals surface area contributed by atoms with Crippen LogP contribution in [0.15, 0.2) is 22.7 Å². The molecule has 0 saturated carbocycles. The summed E-state index contributed by atoms with van der Waals surface area (Å²) in [6, 6.07) is 4.25. The van der Waals surface area contributed by atoms with Crippen LogP contribution in [-0.2, 0) is 9.84 Å². The molecule has 1 N–H and O–H groups in total. The Morgan fingerprint density at radius 1 is 1.39 bits per heavy atom. The molecule has 1 rings (SSSR count). The van der Waals surface area contributed by atoms with Gasteiger partial charge in [0.2, 0.25) is 0 Å². The van der Waals surface area contributed by atoms with Gasteiger partial charge < -0.3 is 5.32 Å². The van der Waals surface area contributed by atoms with E-state index >= 15 is 0 Å². The Hall–Kier alpha value is -0.460. The summed E-state index contributed by atoms with van der Waals surface area (Å²) in [7, 11) is -3.00. The van der Waals surface area contributed by atoms with Crippen LogP contribution in [-0.4, -0.2) is 26.5 Å². The first-order valence-corrected chi connectivity index (χ1v) is 8.43. The van der Waals surface area contributed by atoms with Crippen molar-refractivity contribution < 1.29 is 12.8 Å². The summed E-state index contributed by atoms with van der Waals surface area (Å²) in [5, 5.41) is 3.18. The molecule has 0 aliphatic rings. The van der Waals surface area contributed by atoms with Crippen LogP contribution in [0.5, 0.6) is 0 Å². The molecule has 0 saturated heterocycles. The zero-order chi connectivity index (χ0) is 13.9. The average Bonchev–Trinajstić information content (AvgIpc) is 2.13. The molecule has 102 valence electrons. The van der Waals surface area contributed by atoms with Gasteiger partial charge in [-0.15, -0.1) is 0 Å². The van der Waals surface area contributed by atoms with Crippen molar-refractivity contribution in [3.63, 3.8) is 0 Å². The molecular weight excluding hydrogens is 321 g/mol. The van der Waals surface area contributed by atoms with Crippen molar-refractivity contribution in [1.82, 2.24) is 5.32 Å². The fraction of sp³-hybridized carbons (Fsp3) is 0.500. The van der Waals surface area contributed by atoms with Crippen molar-refractivity contribution in [3.8, 4) is 0 Å². The van der Waals surface area contributed by atoms with Crippen molar-refractivity contribution >= 4 is 25.8 Å².